The van der Waals surface area contributed by atoms with Crippen LogP contribution < -0.4 is 15.7 Å². The number of nitrogens with one attached hydrogen (secondary N) is 3. The highest BCUT2D eigenvalue weighted by molar-refractivity contribution is 8.84. The molecule has 2 radical (unpaired) electrons. The third-order valence-corrected chi connectivity index (χ3v) is 2.94. The monoisotopic (exact) mass is 184 g/mol. The predicted octanol–water partition coefficient (Wildman–Crippen LogP) is 1.04. The molecule has 1 heterocycles. The van der Waals surface area contributed by atoms with Crippen LogP contribution in [0.2, 0.25) is 0 Å². The van der Waals surface area contributed by atoms with Crippen LogP contribution in [0.5, 0.6) is 0 Å². The van der Waals surface area contributed by atoms with Gasteiger partial charge >= 0.3 is 5.97 Å². The molecular weight excluding hydrogens is 181 g/mol. The highest BCUT2D eigenvalue weighted by Crippen LogP contribution is 2.60. The van der Waals surface area contributed by atoms with Gasteiger partial charge in [-0.25, -0.2) is 0 Å². The Balaban J connectivity index is 2.56. The summed E-state index contributed by atoms with van der Waals surface area (Å²) in [4.78, 5) is 0. The summed E-state index contributed by atoms with van der Waals surface area (Å²) in [5, 5.41) is 5.93. The first-order valence-corrected chi connectivity index (χ1v) is 5.99. The van der Waals surface area contributed by atoms with Gasteiger partial charge < -0.3 is 0 Å². The number of hydrogen-bond acceptors (Lipinski definition) is 2. The van der Waals surface area contributed by atoms with Crippen LogP contribution in [0, 0.1) is 0 Å². The molecule has 0 spiro atoms. The molecule has 1 aliphatic heterocycles. The molecule has 0 saturated carbocycles. The summed E-state index contributed by atoms with van der Waals surface area (Å²) < 4.78 is 0. The second kappa shape index (κ2) is 2.19. The fourth-order valence-corrected chi connectivity index (χ4v) is 2.66. The van der Waals surface area contributed by atoms with Crippen LogP contribution in [-0.4, -0.2) is 5.11 Å². The van der Waals surface area contributed by atoms with E-state index in [9.17, 15) is 0 Å². The lowest BCUT2D eigenvalue weighted by atomic mass is 11.2. The maximum Gasteiger partial charge on any atom is 0.343 e. The quantitative estimate of drug-likeness (QED) is 0.388. The summed E-state index contributed by atoms with van der Waals surface area (Å²) in [6.45, 7) is 0. The Morgan fingerprint density at radius 2 is 2.00 bits per heavy atom. The van der Waals surface area contributed by atoms with Crippen molar-refractivity contribution in [3.05, 3.63) is 0 Å². The molecule has 0 amide bonds. The average Bonchev–Trinajstić information content (AvgIpc) is 1.82. The average molecular weight is 184 g/mol. The zero-order valence-electron chi connectivity index (χ0n) is 3.67. The van der Waals surface area contributed by atoms with Crippen LogP contribution in [0.15, 0.2) is 0 Å². The lowest BCUT2D eigenvalue weighted by Crippen LogP contribution is -2.24. The highest BCUT2D eigenvalue weighted by Gasteiger charge is 2.40. The summed E-state index contributed by atoms with van der Waals surface area (Å²) in [6, 6.07) is 0. The summed E-state index contributed by atoms with van der Waals surface area (Å²) in [5.41, 5.74) is 2.62. The van der Waals surface area contributed by atoms with Crippen LogP contribution in [0.25, 0.3) is 0 Å². The molecule has 1 saturated heterocycles. The van der Waals surface area contributed by atoms with E-state index >= 15 is 0 Å². The van der Waals surface area contributed by atoms with Crippen molar-refractivity contribution in [3.8, 4) is 0 Å². The molecule has 1 aliphatic rings. The van der Waals surface area contributed by atoms with Gasteiger partial charge in [-0.15, -0.1) is 0 Å². The smallest absolute Gasteiger partial charge is 0.261 e. The Morgan fingerprint density at radius 3 is 2.12 bits per heavy atom. The van der Waals surface area contributed by atoms with Crippen molar-refractivity contribution in [2.75, 3.05) is 0 Å². The van der Waals surface area contributed by atoms with E-state index in [0.717, 1.165) is 0 Å². The number of hydrazine groups is 1. The minimum Gasteiger partial charge on any atom is -0.261 e. The number of hydrogen-bond donors (Lipinski definition) is 3. The minimum absolute atomic E-state index is 0.503. The van der Waals surface area contributed by atoms with Crippen molar-refractivity contribution >= 4 is 47.8 Å². The van der Waals surface area contributed by atoms with Crippen LogP contribution in [0.4, 0.5) is 0 Å². The molecule has 0 aromatic rings. The molecule has 0 unspecified atom stereocenters. The summed E-state index contributed by atoms with van der Waals surface area (Å²) in [6.07, 6.45) is 0. The summed E-state index contributed by atoms with van der Waals surface area (Å²) in [5.74, 6) is -1.93. The van der Waals surface area contributed by atoms with Crippen molar-refractivity contribution < 1.29 is 0 Å². The van der Waals surface area contributed by atoms with Gasteiger partial charge in [0.1, 0.15) is 0 Å². The van der Waals surface area contributed by atoms with Crippen molar-refractivity contribution in [1.82, 2.24) is 15.7 Å². The molecule has 0 aromatic carbocycles. The molecule has 3 nitrogen and oxygen atoms in total. The first kappa shape index (κ1) is 6.89. The predicted molar refractivity (Wildman–Crippen MR) is 44.1 cm³/mol. The molecule has 0 atom stereocenters. The van der Waals surface area contributed by atoms with E-state index in [0.29, 0.717) is 5.11 Å². The molecular formula is CH3N3PS3+. The van der Waals surface area contributed by atoms with Gasteiger partial charge in [0.15, 0.2) is 24.5 Å². The van der Waals surface area contributed by atoms with E-state index in [1.165, 1.54) is 0 Å². The second-order valence-electron chi connectivity index (χ2n) is 1.23. The van der Waals surface area contributed by atoms with Gasteiger partial charge in [-0.1, -0.05) is 5.20 Å². The van der Waals surface area contributed by atoms with Gasteiger partial charge in [-0.3, -0.25) is 5.43 Å². The van der Waals surface area contributed by atoms with Crippen molar-refractivity contribution in [2.45, 2.75) is 0 Å². The van der Waals surface area contributed by atoms with E-state index in [2.05, 4.69) is 27.9 Å². The van der Waals surface area contributed by atoms with Gasteiger partial charge in [-0.2, -0.15) is 5.09 Å². The standard InChI is InChI=1S/CH3N3PS3/c6-1-2-4-5(7,8)3-1/h4H,(H2,2,3,6)/q+1. The Labute approximate surface area is 63.7 Å². The fourth-order valence-electron chi connectivity index (χ4n) is 0.314. The second-order valence-corrected chi connectivity index (χ2v) is 7.17. The van der Waals surface area contributed by atoms with E-state index in [-0.39, 0.29) is 0 Å². The largest absolute Gasteiger partial charge is 0.343 e. The zero-order chi connectivity index (χ0) is 6.20. The SMILES string of the molecule is [S][P+]1([S])NNC(=S)N1. The summed E-state index contributed by atoms with van der Waals surface area (Å²) >= 11 is 14.4. The topological polar surface area (TPSA) is 36.1 Å². The van der Waals surface area contributed by atoms with E-state index in [1.54, 1.807) is 0 Å². The normalized spacial score (nSPS) is 24.5. The molecule has 0 bridgehead atoms. The van der Waals surface area contributed by atoms with Gasteiger partial charge in [0.05, 0.1) is 0 Å². The molecule has 7 heteroatoms. The molecule has 44 valence electrons. The Kier molecular flexibility index (Phi) is 1.89. The van der Waals surface area contributed by atoms with Gasteiger partial charge in [0.2, 0.25) is 5.11 Å². The summed E-state index contributed by atoms with van der Waals surface area (Å²) in [7, 11) is 0. The molecule has 1 fully saturated rings. The Bertz CT molecular complexity index is 124. The van der Waals surface area contributed by atoms with E-state index in [1.807, 2.05) is 0 Å². The van der Waals surface area contributed by atoms with Crippen molar-refractivity contribution in [1.29, 1.82) is 0 Å². The fraction of sp³-hybridized carbons (Fsp3) is 0. The van der Waals surface area contributed by atoms with Gasteiger partial charge in [0.25, 0.3) is 0 Å². The van der Waals surface area contributed by atoms with E-state index in [4.69, 9.17) is 24.5 Å². The maximum atomic E-state index is 4.84. The highest BCUT2D eigenvalue weighted by atomic mass is 33.1. The zero-order valence-corrected chi connectivity index (χ0v) is 7.02. The molecule has 8 heavy (non-hydrogen) atoms. The molecule has 0 aromatic heterocycles. The van der Waals surface area contributed by atoms with E-state index < -0.39 is 5.97 Å². The van der Waals surface area contributed by atoms with Crippen LogP contribution >= 0.6 is 42.7 Å². The van der Waals surface area contributed by atoms with Crippen LogP contribution in [0.3, 0.4) is 0 Å². The van der Waals surface area contributed by atoms with Crippen molar-refractivity contribution in [3.63, 3.8) is 0 Å². The van der Waals surface area contributed by atoms with Gasteiger partial charge in [-0.05, 0) is 12.2 Å². The first-order chi connectivity index (χ1) is 3.60. The molecule has 1 rings (SSSR count). The van der Waals surface area contributed by atoms with Crippen molar-refractivity contribution in [2.24, 2.45) is 0 Å². The minimum atomic E-state index is -1.93. The number of rotatable bonds is 0. The molecule has 0 aliphatic carbocycles. The van der Waals surface area contributed by atoms with Crippen LogP contribution in [-0.2, 0) is 0 Å². The lowest BCUT2D eigenvalue weighted by Gasteiger charge is -1.95. The van der Waals surface area contributed by atoms with Crippen LogP contribution in [0.1, 0.15) is 0 Å². The first-order valence-electron chi connectivity index (χ1n) is 1.77. The Morgan fingerprint density at radius 1 is 1.38 bits per heavy atom. The number of thiocarbonyl (C=S) groups is 1. The third-order valence-electron chi connectivity index (χ3n) is 0.565. The third kappa shape index (κ3) is 1.63. The Hall–Kier alpha value is 0.780. The maximum absolute atomic E-state index is 4.84. The van der Waals surface area contributed by atoms with Gasteiger partial charge in [0, 0.05) is 0 Å². The lowest BCUT2D eigenvalue weighted by molar-refractivity contribution is 0.954. The molecule has 3 N–H and O–H groups in total.